The molecule has 120 valence electrons. The van der Waals surface area contributed by atoms with Crippen molar-refractivity contribution in [3.8, 4) is 0 Å². The summed E-state index contributed by atoms with van der Waals surface area (Å²) in [5, 5.41) is 5.92. The van der Waals surface area contributed by atoms with Crippen LogP contribution in [-0.2, 0) is 9.59 Å². The molecule has 0 heterocycles. The molecular formula is C18H26N2O2. The van der Waals surface area contributed by atoms with Crippen LogP contribution < -0.4 is 10.6 Å². The summed E-state index contributed by atoms with van der Waals surface area (Å²) in [6.07, 6.45) is 3.24. The van der Waals surface area contributed by atoms with Gasteiger partial charge in [0.05, 0.1) is 6.04 Å². The number of rotatable bonds is 8. The van der Waals surface area contributed by atoms with Crippen molar-refractivity contribution >= 4 is 11.8 Å². The highest BCUT2D eigenvalue weighted by Gasteiger charge is 2.38. The van der Waals surface area contributed by atoms with Gasteiger partial charge in [0.15, 0.2) is 0 Å². The molecule has 1 saturated carbocycles. The lowest BCUT2D eigenvalue weighted by Crippen LogP contribution is -2.33. The van der Waals surface area contributed by atoms with Gasteiger partial charge in [0.2, 0.25) is 11.8 Å². The van der Waals surface area contributed by atoms with Crippen molar-refractivity contribution in [1.29, 1.82) is 0 Å². The first kappa shape index (κ1) is 16.5. The Hall–Kier alpha value is -1.84. The topological polar surface area (TPSA) is 58.2 Å². The van der Waals surface area contributed by atoms with E-state index in [9.17, 15) is 9.59 Å². The summed E-state index contributed by atoms with van der Waals surface area (Å²) in [6, 6.07) is 10.1. The molecule has 0 aliphatic heterocycles. The standard InChI is InChI=1S/C18H26N2O2/c1-3-7-16(14-8-5-4-6-9-14)20-17(21)10-11-19-18(22)15-12-13(15)2/h4-6,8-9,13,15-16H,3,7,10-12H2,1-2H3,(H,19,22)(H,20,21)/t13-,15+,16+/m1/s1. The molecule has 3 atom stereocenters. The summed E-state index contributed by atoms with van der Waals surface area (Å²) in [7, 11) is 0. The fraction of sp³-hybridized carbons (Fsp3) is 0.556. The first-order valence-corrected chi connectivity index (χ1v) is 8.23. The molecule has 1 aromatic carbocycles. The molecule has 0 saturated heterocycles. The van der Waals surface area contributed by atoms with E-state index < -0.39 is 0 Å². The van der Waals surface area contributed by atoms with Gasteiger partial charge >= 0.3 is 0 Å². The van der Waals surface area contributed by atoms with E-state index in [1.54, 1.807) is 0 Å². The van der Waals surface area contributed by atoms with Crippen molar-refractivity contribution in [2.75, 3.05) is 6.54 Å². The lowest BCUT2D eigenvalue weighted by Gasteiger charge is -2.18. The predicted octanol–water partition coefficient (Wildman–Crippen LogP) is 2.81. The van der Waals surface area contributed by atoms with Crippen LogP contribution in [0.4, 0.5) is 0 Å². The third kappa shape index (κ3) is 4.86. The number of amides is 2. The van der Waals surface area contributed by atoms with Crippen LogP contribution in [0.15, 0.2) is 30.3 Å². The second kappa shape index (κ2) is 7.97. The largest absolute Gasteiger partial charge is 0.355 e. The molecule has 1 aliphatic rings. The minimum atomic E-state index is -0.00792. The van der Waals surface area contributed by atoms with Crippen LogP contribution in [-0.4, -0.2) is 18.4 Å². The normalized spacial score (nSPS) is 21.0. The molecule has 0 unspecified atom stereocenters. The molecule has 4 nitrogen and oxygen atoms in total. The predicted molar refractivity (Wildman–Crippen MR) is 87.1 cm³/mol. The van der Waals surface area contributed by atoms with Gasteiger partial charge < -0.3 is 10.6 Å². The summed E-state index contributed by atoms with van der Waals surface area (Å²) in [5.74, 6) is 0.751. The lowest BCUT2D eigenvalue weighted by atomic mass is 10.0. The Balaban J connectivity index is 1.75. The highest BCUT2D eigenvalue weighted by Crippen LogP contribution is 2.37. The Morgan fingerprint density at radius 2 is 1.95 bits per heavy atom. The van der Waals surface area contributed by atoms with Gasteiger partial charge in [-0.3, -0.25) is 9.59 Å². The molecule has 0 bridgehead atoms. The van der Waals surface area contributed by atoms with Gasteiger partial charge in [-0.25, -0.2) is 0 Å². The van der Waals surface area contributed by atoms with E-state index in [1.165, 1.54) is 0 Å². The Kier molecular flexibility index (Phi) is 5.99. The molecule has 2 rings (SSSR count). The zero-order chi connectivity index (χ0) is 15.9. The Bertz CT molecular complexity index is 501. The monoisotopic (exact) mass is 302 g/mol. The van der Waals surface area contributed by atoms with Crippen molar-refractivity contribution < 1.29 is 9.59 Å². The number of nitrogens with one attached hydrogen (secondary N) is 2. The van der Waals surface area contributed by atoms with E-state index in [4.69, 9.17) is 0 Å². The molecule has 1 fully saturated rings. The van der Waals surface area contributed by atoms with Gasteiger partial charge in [0.1, 0.15) is 0 Å². The summed E-state index contributed by atoms with van der Waals surface area (Å²) in [4.78, 5) is 23.8. The fourth-order valence-corrected chi connectivity index (χ4v) is 2.68. The van der Waals surface area contributed by atoms with Crippen LogP contribution in [0.5, 0.6) is 0 Å². The average molecular weight is 302 g/mol. The number of hydrogen-bond donors (Lipinski definition) is 2. The average Bonchev–Trinajstić information content (AvgIpc) is 3.25. The van der Waals surface area contributed by atoms with Gasteiger partial charge in [-0.15, -0.1) is 0 Å². The molecule has 0 radical (unpaired) electrons. The maximum atomic E-state index is 12.1. The second-order valence-electron chi connectivity index (χ2n) is 6.18. The number of carbonyl (C=O) groups is 2. The lowest BCUT2D eigenvalue weighted by molar-refractivity contribution is -0.123. The van der Waals surface area contributed by atoms with Gasteiger partial charge in [-0.2, -0.15) is 0 Å². The van der Waals surface area contributed by atoms with Crippen LogP contribution in [0.2, 0.25) is 0 Å². The van der Waals surface area contributed by atoms with Crippen molar-refractivity contribution in [2.24, 2.45) is 11.8 Å². The molecule has 1 aliphatic carbocycles. The van der Waals surface area contributed by atoms with E-state index in [0.717, 1.165) is 24.8 Å². The molecule has 2 amide bonds. The third-order valence-electron chi connectivity index (χ3n) is 4.21. The van der Waals surface area contributed by atoms with Crippen LogP contribution in [0, 0.1) is 11.8 Å². The second-order valence-corrected chi connectivity index (χ2v) is 6.18. The van der Waals surface area contributed by atoms with Crippen molar-refractivity contribution in [2.45, 2.75) is 45.6 Å². The maximum absolute atomic E-state index is 12.1. The summed E-state index contributed by atoms with van der Waals surface area (Å²) < 4.78 is 0. The van der Waals surface area contributed by atoms with Gasteiger partial charge in [0.25, 0.3) is 0 Å². The van der Waals surface area contributed by atoms with E-state index in [0.29, 0.717) is 18.9 Å². The van der Waals surface area contributed by atoms with Gasteiger partial charge in [0, 0.05) is 18.9 Å². The van der Waals surface area contributed by atoms with Crippen LogP contribution in [0.3, 0.4) is 0 Å². The molecule has 0 aromatic heterocycles. The minimum Gasteiger partial charge on any atom is -0.355 e. The first-order valence-electron chi connectivity index (χ1n) is 8.23. The summed E-state index contributed by atoms with van der Waals surface area (Å²) in [5.41, 5.74) is 1.13. The SMILES string of the molecule is CCC[C@H](NC(=O)CCNC(=O)[C@H]1C[C@H]1C)c1ccccc1. The number of hydrogen-bond acceptors (Lipinski definition) is 2. The molecule has 1 aromatic rings. The van der Waals surface area contributed by atoms with E-state index in [2.05, 4.69) is 24.5 Å². The van der Waals surface area contributed by atoms with Crippen LogP contribution in [0.25, 0.3) is 0 Å². The Morgan fingerprint density at radius 1 is 1.27 bits per heavy atom. The van der Waals surface area contributed by atoms with E-state index >= 15 is 0 Å². The van der Waals surface area contributed by atoms with Crippen molar-refractivity contribution in [3.63, 3.8) is 0 Å². The molecule has 2 N–H and O–H groups in total. The maximum Gasteiger partial charge on any atom is 0.223 e. The van der Waals surface area contributed by atoms with Crippen molar-refractivity contribution in [1.82, 2.24) is 10.6 Å². The van der Waals surface area contributed by atoms with Crippen molar-refractivity contribution in [3.05, 3.63) is 35.9 Å². The van der Waals surface area contributed by atoms with E-state index in [1.807, 2.05) is 30.3 Å². The van der Waals surface area contributed by atoms with E-state index in [-0.39, 0.29) is 23.8 Å². The van der Waals surface area contributed by atoms with Crippen LogP contribution in [0.1, 0.15) is 51.1 Å². The number of carbonyl (C=O) groups excluding carboxylic acids is 2. The first-order chi connectivity index (χ1) is 10.6. The smallest absolute Gasteiger partial charge is 0.223 e. The molecular weight excluding hydrogens is 276 g/mol. The quantitative estimate of drug-likeness (QED) is 0.776. The summed E-state index contributed by atoms with van der Waals surface area (Å²) >= 11 is 0. The fourth-order valence-electron chi connectivity index (χ4n) is 2.68. The zero-order valence-electron chi connectivity index (χ0n) is 13.5. The van der Waals surface area contributed by atoms with Gasteiger partial charge in [-0.05, 0) is 24.3 Å². The number of benzene rings is 1. The molecule has 22 heavy (non-hydrogen) atoms. The molecule has 0 spiro atoms. The third-order valence-corrected chi connectivity index (χ3v) is 4.21. The Labute approximate surface area is 132 Å². The van der Waals surface area contributed by atoms with Crippen LogP contribution >= 0.6 is 0 Å². The minimum absolute atomic E-state index is 0.00792. The highest BCUT2D eigenvalue weighted by atomic mass is 16.2. The zero-order valence-corrected chi connectivity index (χ0v) is 13.5. The molecule has 4 heteroatoms. The summed E-state index contributed by atoms with van der Waals surface area (Å²) in [6.45, 7) is 4.60. The van der Waals surface area contributed by atoms with Gasteiger partial charge in [-0.1, -0.05) is 50.6 Å². The highest BCUT2D eigenvalue weighted by molar-refractivity contribution is 5.82. The Morgan fingerprint density at radius 3 is 2.55 bits per heavy atom.